The van der Waals surface area contributed by atoms with Crippen LogP contribution in [0.25, 0.3) is 0 Å². The highest BCUT2D eigenvalue weighted by Crippen LogP contribution is 2.24. The number of rotatable bonds is 3. The van der Waals surface area contributed by atoms with E-state index in [-0.39, 0.29) is 23.1 Å². The van der Waals surface area contributed by atoms with Gasteiger partial charge in [0.05, 0.1) is 10.7 Å². The molecule has 0 fully saturated rings. The van der Waals surface area contributed by atoms with Gasteiger partial charge in [0.1, 0.15) is 5.82 Å². The average Bonchev–Trinajstić information content (AvgIpc) is 2.35. The molecule has 0 unspecified atom stereocenters. The summed E-state index contributed by atoms with van der Waals surface area (Å²) in [5.41, 5.74) is 0.805. The van der Waals surface area contributed by atoms with Crippen LogP contribution in [-0.2, 0) is 6.54 Å². The Balaban J connectivity index is 2.16. The highest BCUT2D eigenvalue weighted by Gasteiger charge is 2.07. The SMILES string of the molecule is Fc1ccc(Cl)c(CNc2cccc(Cl)c2F)c1. The standard InChI is InChI=1S/C13H9Cl2F2N/c14-10-5-4-9(16)6-8(10)7-18-12-3-1-2-11(15)13(12)17/h1-6,18H,7H2. The molecule has 94 valence electrons. The molecule has 0 amide bonds. The smallest absolute Gasteiger partial charge is 0.164 e. The lowest BCUT2D eigenvalue weighted by Gasteiger charge is -2.09. The Morgan fingerprint density at radius 1 is 1.00 bits per heavy atom. The normalized spacial score (nSPS) is 10.4. The second kappa shape index (κ2) is 5.55. The van der Waals surface area contributed by atoms with Crippen LogP contribution in [0.15, 0.2) is 36.4 Å². The van der Waals surface area contributed by atoms with Crippen LogP contribution in [0.2, 0.25) is 10.0 Å². The second-order valence-electron chi connectivity index (χ2n) is 3.69. The van der Waals surface area contributed by atoms with Crippen molar-refractivity contribution in [2.75, 3.05) is 5.32 Å². The molecule has 18 heavy (non-hydrogen) atoms. The topological polar surface area (TPSA) is 12.0 Å². The predicted molar refractivity (Wildman–Crippen MR) is 70.1 cm³/mol. The Morgan fingerprint density at radius 2 is 1.78 bits per heavy atom. The van der Waals surface area contributed by atoms with E-state index in [4.69, 9.17) is 23.2 Å². The van der Waals surface area contributed by atoms with E-state index < -0.39 is 5.82 Å². The van der Waals surface area contributed by atoms with Gasteiger partial charge in [-0.2, -0.15) is 0 Å². The van der Waals surface area contributed by atoms with Crippen molar-refractivity contribution in [2.45, 2.75) is 6.54 Å². The first kappa shape index (κ1) is 13.1. The van der Waals surface area contributed by atoms with Gasteiger partial charge >= 0.3 is 0 Å². The molecule has 0 saturated carbocycles. The highest BCUT2D eigenvalue weighted by atomic mass is 35.5. The van der Waals surface area contributed by atoms with E-state index >= 15 is 0 Å². The summed E-state index contributed by atoms with van der Waals surface area (Å²) in [5.74, 6) is -0.922. The van der Waals surface area contributed by atoms with E-state index in [2.05, 4.69) is 5.32 Å². The number of hydrogen-bond acceptors (Lipinski definition) is 1. The van der Waals surface area contributed by atoms with Crippen LogP contribution in [0.1, 0.15) is 5.56 Å². The molecule has 0 aliphatic heterocycles. The lowest BCUT2D eigenvalue weighted by Crippen LogP contribution is -2.02. The van der Waals surface area contributed by atoms with Crippen molar-refractivity contribution in [1.29, 1.82) is 0 Å². The lowest BCUT2D eigenvalue weighted by molar-refractivity contribution is 0.625. The summed E-state index contributed by atoms with van der Waals surface area (Å²) in [6, 6.07) is 8.67. The first-order valence-corrected chi connectivity index (χ1v) is 5.95. The Morgan fingerprint density at radius 3 is 2.56 bits per heavy atom. The zero-order valence-electron chi connectivity index (χ0n) is 9.18. The summed E-state index contributed by atoms with van der Waals surface area (Å²) in [6.45, 7) is 0.216. The van der Waals surface area contributed by atoms with Crippen molar-refractivity contribution in [3.63, 3.8) is 0 Å². The van der Waals surface area contributed by atoms with Crippen molar-refractivity contribution in [1.82, 2.24) is 0 Å². The van der Waals surface area contributed by atoms with Crippen molar-refractivity contribution in [3.05, 3.63) is 63.6 Å². The van der Waals surface area contributed by atoms with Gasteiger partial charge < -0.3 is 5.32 Å². The van der Waals surface area contributed by atoms with Crippen molar-refractivity contribution >= 4 is 28.9 Å². The molecular weight excluding hydrogens is 279 g/mol. The van der Waals surface area contributed by atoms with Crippen LogP contribution in [0.4, 0.5) is 14.5 Å². The van der Waals surface area contributed by atoms with Crippen LogP contribution in [0, 0.1) is 11.6 Å². The fourth-order valence-electron chi connectivity index (χ4n) is 1.51. The molecule has 0 spiro atoms. The van der Waals surface area contributed by atoms with Crippen LogP contribution in [0.5, 0.6) is 0 Å². The van der Waals surface area contributed by atoms with Crippen LogP contribution < -0.4 is 5.32 Å². The number of anilines is 1. The van der Waals surface area contributed by atoms with Gasteiger partial charge in [0.15, 0.2) is 5.82 Å². The minimum Gasteiger partial charge on any atom is -0.378 e. The average molecular weight is 288 g/mol. The lowest BCUT2D eigenvalue weighted by atomic mass is 10.2. The zero-order valence-corrected chi connectivity index (χ0v) is 10.7. The number of halogens is 4. The molecule has 0 saturated heterocycles. The molecule has 2 aromatic rings. The number of nitrogens with one attached hydrogen (secondary N) is 1. The molecule has 1 nitrogen and oxygen atoms in total. The summed E-state index contributed by atoms with van der Waals surface area (Å²) < 4.78 is 26.6. The first-order chi connectivity index (χ1) is 8.58. The van der Waals surface area contributed by atoms with Crippen LogP contribution in [-0.4, -0.2) is 0 Å². The van der Waals surface area contributed by atoms with Crippen molar-refractivity contribution in [3.8, 4) is 0 Å². The van der Waals surface area contributed by atoms with Gasteiger partial charge in [-0.3, -0.25) is 0 Å². The maximum Gasteiger partial charge on any atom is 0.164 e. The quantitative estimate of drug-likeness (QED) is 0.848. The van der Waals surface area contributed by atoms with Crippen LogP contribution in [0.3, 0.4) is 0 Å². The molecule has 1 N–H and O–H groups in total. The van der Waals surface area contributed by atoms with Gasteiger partial charge in [-0.05, 0) is 35.9 Å². The minimum atomic E-state index is -0.535. The summed E-state index contributed by atoms with van der Waals surface area (Å²) in [5, 5.41) is 3.28. The minimum absolute atomic E-state index is 0.0327. The van der Waals surface area contributed by atoms with Crippen molar-refractivity contribution in [2.24, 2.45) is 0 Å². The molecule has 5 heteroatoms. The Kier molecular flexibility index (Phi) is 4.04. The largest absolute Gasteiger partial charge is 0.378 e. The molecule has 0 heterocycles. The molecule has 0 aromatic heterocycles. The van der Waals surface area contributed by atoms with Gasteiger partial charge in [-0.1, -0.05) is 29.3 Å². The molecule has 2 rings (SSSR count). The van der Waals surface area contributed by atoms with Gasteiger partial charge in [-0.15, -0.1) is 0 Å². The van der Waals surface area contributed by atoms with E-state index in [0.717, 1.165) is 0 Å². The predicted octanol–water partition coefficient (Wildman–Crippen LogP) is 4.88. The van der Waals surface area contributed by atoms with Gasteiger partial charge in [-0.25, -0.2) is 8.78 Å². The molecule has 0 radical (unpaired) electrons. The third-order valence-electron chi connectivity index (χ3n) is 2.43. The molecule has 0 atom stereocenters. The zero-order chi connectivity index (χ0) is 13.1. The van der Waals surface area contributed by atoms with E-state index in [1.54, 1.807) is 12.1 Å². The Labute approximate surface area is 113 Å². The molecule has 0 aliphatic carbocycles. The van der Waals surface area contributed by atoms with E-state index in [0.29, 0.717) is 10.6 Å². The third-order valence-corrected chi connectivity index (χ3v) is 3.09. The van der Waals surface area contributed by atoms with E-state index in [1.807, 2.05) is 0 Å². The molecule has 0 aliphatic rings. The fourth-order valence-corrected chi connectivity index (χ4v) is 1.87. The molecule has 0 bridgehead atoms. The molecule has 2 aromatic carbocycles. The molecular formula is C13H9Cl2F2N. The summed E-state index contributed by atoms with van der Waals surface area (Å²) >= 11 is 11.6. The summed E-state index contributed by atoms with van der Waals surface area (Å²) in [4.78, 5) is 0. The first-order valence-electron chi connectivity index (χ1n) is 5.20. The monoisotopic (exact) mass is 287 g/mol. The Hall–Kier alpha value is -1.32. The van der Waals surface area contributed by atoms with E-state index in [1.165, 1.54) is 24.3 Å². The van der Waals surface area contributed by atoms with Crippen LogP contribution >= 0.6 is 23.2 Å². The van der Waals surface area contributed by atoms with E-state index in [9.17, 15) is 8.78 Å². The summed E-state index contributed by atoms with van der Waals surface area (Å²) in [6.07, 6.45) is 0. The van der Waals surface area contributed by atoms with Gasteiger partial charge in [0.25, 0.3) is 0 Å². The van der Waals surface area contributed by atoms with Crippen molar-refractivity contribution < 1.29 is 8.78 Å². The highest BCUT2D eigenvalue weighted by molar-refractivity contribution is 6.31. The fraction of sp³-hybridized carbons (Fsp3) is 0.0769. The van der Waals surface area contributed by atoms with Gasteiger partial charge in [0.2, 0.25) is 0 Å². The second-order valence-corrected chi connectivity index (χ2v) is 4.51. The summed E-state index contributed by atoms with van der Waals surface area (Å²) in [7, 11) is 0. The maximum absolute atomic E-state index is 13.6. The number of benzene rings is 2. The number of hydrogen-bond donors (Lipinski definition) is 1. The maximum atomic E-state index is 13.6. The Bertz CT molecular complexity index is 571. The third kappa shape index (κ3) is 2.92. The van der Waals surface area contributed by atoms with Gasteiger partial charge in [0, 0.05) is 11.6 Å².